The fourth-order valence-corrected chi connectivity index (χ4v) is 4.54. The zero-order valence-electron chi connectivity index (χ0n) is 19.3. The van der Waals surface area contributed by atoms with Crippen molar-refractivity contribution in [2.75, 3.05) is 7.05 Å². The number of aromatic hydroxyl groups is 1. The predicted octanol–water partition coefficient (Wildman–Crippen LogP) is 4.78. The van der Waals surface area contributed by atoms with Gasteiger partial charge in [0.2, 0.25) is 11.8 Å². The first-order chi connectivity index (χ1) is 16.3. The topological polar surface area (TPSA) is 111 Å². The van der Waals surface area contributed by atoms with Gasteiger partial charge in [-0.2, -0.15) is 0 Å². The van der Waals surface area contributed by atoms with Crippen LogP contribution in [0.15, 0.2) is 53.3 Å². The van der Waals surface area contributed by atoms with Gasteiger partial charge in [0.1, 0.15) is 0 Å². The third-order valence-electron chi connectivity index (χ3n) is 5.66. The van der Waals surface area contributed by atoms with E-state index in [0.717, 1.165) is 52.9 Å². The van der Waals surface area contributed by atoms with Crippen LogP contribution < -0.4 is 4.87 Å². The van der Waals surface area contributed by atoms with E-state index in [9.17, 15) is 19.5 Å². The van der Waals surface area contributed by atoms with E-state index in [1.54, 1.807) is 11.9 Å². The van der Waals surface area contributed by atoms with E-state index in [1.807, 2.05) is 42.5 Å². The van der Waals surface area contributed by atoms with Gasteiger partial charge in [-0.1, -0.05) is 66.6 Å². The summed E-state index contributed by atoms with van der Waals surface area (Å²) in [5.74, 6) is -0.753. The third-order valence-corrected chi connectivity index (χ3v) is 6.53. The predicted molar refractivity (Wildman–Crippen MR) is 133 cm³/mol. The second kappa shape index (κ2) is 12.2. The van der Waals surface area contributed by atoms with Crippen molar-refractivity contribution in [3.8, 4) is 17.0 Å². The second-order valence-corrected chi connectivity index (χ2v) is 9.49. The molecule has 34 heavy (non-hydrogen) atoms. The molecule has 2 aromatic carbocycles. The van der Waals surface area contributed by atoms with Gasteiger partial charge in [0.25, 0.3) is 0 Å². The number of hydrogen-bond donors (Lipinski definition) is 3. The minimum absolute atomic E-state index is 0.0661. The highest BCUT2D eigenvalue weighted by Gasteiger charge is 2.11. The van der Waals surface area contributed by atoms with Crippen molar-refractivity contribution in [2.24, 2.45) is 0 Å². The lowest BCUT2D eigenvalue weighted by Gasteiger charge is -2.18. The molecule has 7 nitrogen and oxygen atoms in total. The molecule has 180 valence electrons. The minimum atomic E-state index is -0.773. The Morgan fingerprint density at radius 3 is 2.29 bits per heavy atom. The minimum Gasteiger partial charge on any atom is -0.494 e. The summed E-state index contributed by atoms with van der Waals surface area (Å²) >= 11 is 1.01. The Morgan fingerprint density at radius 2 is 1.65 bits per heavy atom. The smallest absolute Gasteiger partial charge is 0.307 e. The number of carboxylic acids is 1. The molecule has 0 aliphatic heterocycles. The maximum absolute atomic E-state index is 12.4. The Kier molecular flexibility index (Phi) is 9.04. The quantitative estimate of drug-likeness (QED) is 0.322. The van der Waals surface area contributed by atoms with Crippen LogP contribution in [0.3, 0.4) is 0 Å². The molecule has 0 saturated heterocycles. The van der Waals surface area contributed by atoms with Gasteiger partial charge >= 0.3 is 10.8 Å². The van der Waals surface area contributed by atoms with Gasteiger partial charge in [-0.3, -0.25) is 19.4 Å². The molecule has 0 saturated carbocycles. The molecule has 0 bridgehead atoms. The Bertz CT molecular complexity index is 1170. The number of aromatic nitrogens is 1. The van der Waals surface area contributed by atoms with Crippen molar-refractivity contribution in [2.45, 2.75) is 51.5 Å². The zero-order chi connectivity index (χ0) is 24.5. The number of rotatable bonds is 12. The second-order valence-electron chi connectivity index (χ2n) is 8.42. The van der Waals surface area contributed by atoms with Crippen LogP contribution in [0, 0.1) is 0 Å². The first-order valence-electron chi connectivity index (χ1n) is 11.4. The molecule has 3 N–H and O–H groups in total. The molecule has 0 radical (unpaired) electrons. The van der Waals surface area contributed by atoms with Gasteiger partial charge in [0, 0.05) is 32.9 Å². The van der Waals surface area contributed by atoms with Crippen molar-refractivity contribution in [3.05, 3.63) is 74.2 Å². The number of aromatic amines is 1. The average molecular weight is 483 g/mol. The molecule has 0 aliphatic rings. The van der Waals surface area contributed by atoms with Gasteiger partial charge in [0.15, 0.2) is 0 Å². The standard InChI is InChI=1S/C26H30N2O5S/c1-28(23(29)9-4-2-3-5-10-24(30)31)17-19-7-6-8-21(15-19)20-13-11-18(12-14-20)16-22-25(32)27-26(33)34-22/h6-8,11-15,32H,2-5,9-10,16-17H2,1H3,(H,27,33)(H,30,31). The molecule has 3 rings (SSSR count). The van der Waals surface area contributed by atoms with Crippen molar-refractivity contribution in [1.29, 1.82) is 0 Å². The van der Waals surface area contributed by atoms with E-state index in [4.69, 9.17) is 5.11 Å². The van der Waals surface area contributed by atoms with E-state index in [0.29, 0.717) is 30.7 Å². The van der Waals surface area contributed by atoms with Crippen LogP contribution in [0.5, 0.6) is 5.88 Å². The van der Waals surface area contributed by atoms with Crippen LogP contribution in [0.1, 0.15) is 54.5 Å². The summed E-state index contributed by atoms with van der Waals surface area (Å²) in [6, 6.07) is 16.1. The lowest BCUT2D eigenvalue weighted by atomic mass is 10.0. The van der Waals surface area contributed by atoms with E-state index in [2.05, 4.69) is 11.1 Å². The largest absolute Gasteiger partial charge is 0.494 e. The summed E-state index contributed by atoms with van der Waals surface area (Å²) in [4.78, 5) is 38.8. The summed E-state index contributed by atoms with van der Waals surface area (Å²) < 4.78 is 0. The monoisotopic (exact) mass is 482 g/mol. The lowest BCUT2D eigenvalue weighted by Crippen LogP contribution is -2.25. The van der Waals surface area contributed by atoms with Crippen LogP contribution in [-0.2, 0) is 22.6 Å². The highest BCUT2D eigenvalue weighted by molar-refractivity contribution is 7.09. The normalized spacial score (nSPS) is 10.9. The summed E-state index contributed by atoms with van der Waals surface area (Å²) in [6.45, 7) is 0.523. The molecule has 1 amide bonds. The Balaban J connectivity index is 1.52. The number of benzene rings is 2. The third kappa shape index (κ3) is 7.59. The number of hydrogen-bond acceptors (Lipinski definition) is 5. The van der Waals surface area contributed by atoms with Gasteiger partial charge in [-0.15, -0.1) is 0 Å². The maximum Gasteiger partial charge on any atom is 0.307 e. The number of thiazole rings is 1. The molecular weight excluding hydrogens is 452 g/mol. The number of unbranched alkanes of at least 4 members (excludes halogenated alkanes) is 3. The van der Waals surface area contributed by atoms with Gasteiger partial charge in [-0.05, 0) is 41.2 Å². The Hall–Kier alpha value is -3.39. The van der Waals surface area contributed by atoms with E-state index < -0.39 is 5.97 Å². The van der Waals surface area contributed by atoms with E-state index in [1.165, 1.54) is 0 Å². The number of nitrogens with one attached hydrogen (secondary N) is 1. The van der Waals surface area contributed by atoms with Gasteiger partial charge in [0.05, 0.1) is 4.88 Å². The number of nitrogens with zero attached hydrogens (tertiary/aromatic N) is 1. The number of amides is 1. The van der Waals surface area contributed by atoms with Crippen molar-refractivity contribution in [1.82, 2.24) is 9.88 Å². The molecular formula is C26H30N2O5S. The molecule has 8 heteroatoms. The van der Waals surface area contributed by atoms with Crippen molar-refractivity contribution < 1.29 is 19.8 Å². The first kappa shape index (κ1) is 25.2. The van der Waals surface area contributed by atoms with Crippen LogP contribution in [0.2, 0.25) is 0 Å². The average Bonchev–Trinajstić information content (AvgIpc) is 3.12. The summed E-state index contributed by atoms with van der Waals surface area (Å²) in [5, 5.41) is 18.4. The number of H-pyrrole nitrogens is 1. The molecule has 1 heterocycles. The van der Waals surface area contributed by atoms with Crippen LogP contribution in [0.4, 0.5) is 0 Å². The SMILES string of the molecule is CN(Cc1cccc(-c2ccc(Cc3sc(=O)[nH]c3O)cc2)c1)C(=O)CCCCCCC(=O)O. The molecule has 1 aromatic heterocycles. The molecule has 3 aromatic rings. The fraction of sp³-hybridized carbons (Fsp3) is 0.346. The van der Waals surface area contributed by atoms with Crippen LogP contribution in [-0.4, -0.2) is 39.0 Å². The molecule has 0 aliphatic carbocycles. The van der Waals surface area contributed by atoms with E-state index in [-0.39, 0.29) is 23.1 Å². The first-order valence-corrected chi connectivity index (χ1v) is 12.2. The van der Waals surface area contributed by atoms with Crippen molar-refractivity contribution >= 4 is 23.2 Å². The fourth-order valence-electron chi connectivity index (χ4n) is 3.78. The molecule has 0 unspecified atom stereocenters. The highest BCUT2D eigenvalue weighted by atomic mass is 32.1. The number of carbonyl (C=O) groups excluding carboxylic acids is 1. The summed E-state index contributed by atoms with van der Waals surface area (Å²) in [5.41, 5.74) is 4.14. The van der Waals surface area contributed by atoms with Crippen molar-refractivity contribution in [3.63, 3.8) is 0 Å². The van der Waals surface area contributed by atoms with E-state index >= 15 is 0 Å². The Morgan fingerprint density at radius 1 is 0.941 bits per heavy atom. The highest BCUT2D eigenvalue weighted by Crippen LogP contribution is 2.25. The van der Waals surface area contributed by atoms with Gasteiger partial charge in [-0.25, -0.2) is 0 Å². The number of carboxylic acid groups (broad SMARTS) is 1. The molecule has 0 atom stereocenters. The van der Waals surface area contributed by atoms with Crippen LogP contribution in [0.25, 0.3) is 11.1 Å². The molecule has 0 fully saturated rings. The van der Waals surface area contributed by atoms with Gasteiger partial charge < -0.3 is 15.1 Å². The zero-order valence-corrected chi connectivity index (χ0v) is 20.1. The van der Waals surface area contributed by atoms with Crippen LogP contribution >= 0.6 is 11.3 Å². The maximum atomic E-state index is 12.4. The number of aliphatic carboxylic acids is 1. The summed E-state index contributed by atoms with van der Waals surface area (Å²) in [6.07, 6.45) is 4.26. The summed E-state index contributed by atoms with van der Waals surface area (Å²) in [7, 11) is 1.80. The lowest BCUT2D eigenvalue weighted by molar-refractivity contribution is -0.137. The Labute approximate surface area is 202 Å². The molecule has 0 spiro atoms. The number of carbonyl (C=O) groups is 2.